The summed E-state index contributed by atoms with van der Waals surface area (Å²) in [6, 6.07) is 10.7. The molecule has 3 aromatic carbocycles. The van der Waals surface area contributed by atoms with Crippen LogP contribution in [0.2, 0.25) is 0 Å². The number of carbonyl (C=O) groups is 14. The number of ether oxygens (including phenoxy) is 1. The number of unbranched alkanes of at least 4 members (excludes halogenated alkanes) is 1. The Morgan fingerprint density at radius 2 is 1.35 bits per heavy atom. The van der Waals surface area contributed by atoms with Gasteiger partial charge in [-0.25, -0.2) is 0 Å². The van der Waals surface area contributed by atoms with Crippen LogP contribution in [0, 0.1) is 22.7 Å². The number of nitrogens with one attached hydrogen (secondary N) is 12. The average Bonchev–Trinajstić information content (AvgIpc) is 1.61. The molecule has 10 amide bonds. The third-order valence-corrected chi connectivity index (χ3v) is 20.0. The number of nitrogens with two attached hydrogens (primary N) is 3. The zero-order valence-electron chi connectivity index (χ0n) is 65.0. The number of aliphatic hydroxyl groups excluding tert-OH is 1. The number of Topliss-reactive ketones (excluding diaryl/α,β-unsaturated/α-hetero) is 2. The lowest BCUT2D eigenvalue weighted by Gasteiger charge is -2.30. The van der Waals surface area contributed by atoms with Gasteiger partial charge < -0.3 is 89.9 Å². The second-order valence-electron chi connectivity index (χ2n) is 29.6. The standard InChI is InChI=1S/C81H108N16O17/c1-45(2)30-32-49-40-67(100)58(90-69(101)34-35-71(104)114-44-56-54-21-9-7-19-52(54)53-20-8-10-22-55(53)56)24-12-13-25-60(93-77(110)62(27-16-36-87-81(85)86)94-79(112)65-28-17-37-97(65)80(113)63(42-70(102)103)95-78(111)64(43-98)96-73(49)106)75(108)88-47(5)66(99)41-50(39-51-38-48-18-6-11-23-57(48)89-51)74(107)92-61(26-14-15-29-68(82)83)76(109)91-59(72(84)105)33-31-46(3)4/h6-13,18-23,30-31,38,47,49-50,56,58-65,89,98H,14-17,24-29,32-37,39-44H2,1-5H3,(H3,82,83)(H2,84,105)(H,88,108)(H,90,101)(H,91,109)(H,92,107)(H,93,110)(H,94,112)(H,95,111)(H,96,106)(H,102,103)(H4,85,86,87)/t47-,49+,50+,58-,59-,60-,61-,62-,63-,64-,65?/m0/s1. The Kier molecular flexibility index (Phi) is 34.3. The lowest BCUT2D eigenvalue weighted by atomic mass is 9.92. The van der Waals surface area contributed by atoms with E-state index in [4.69, 9.17) is 32.8 Å². The highest BCUT2D eigenvalue weighted by atomic mass is 16.5. The maximum atomic E-state index is 15.1. The van der Waals surface area contributed by atoms with E-state index in [0.29, 0.717) is 23.2 Å². The maximum absolute atomic E-state index is 15.1. The third-order valence-electron chi connectivity index (χ3n) is 20.0. The number of aliphatic carboxylic acids is 1. The van der Waals surface area contributed by atoms with Crippen molar-refractivity contribution >= 4 is 105 Å². The number of H-pyrrole nitrogens is 1. The number of esters is 1. The monoisotopic (exact) mass is 1580 g/mol. The molecule has 0 spiro atoms. The van der Waals surface area contributed by atoms with Crippen LogP contribution in [0.3, 0.4) is 0 Å². The number of guanidine groups is 1. The number of amidine groups is 1. The topological polar surface area (TPSA) is 542 Å². The number of fused-ring (bicyclic) bond motifs is 5. The molecule has 2 aliphatic heterocycles. The molecular weight excluding hydrogens is 1470 g/mol. The van der Waals surface area contributed by atoms with E-state index < -0.39 is 200 Å². The third kappa shape index (κ3) is 27.2. The number of aromatic amines is 1. The minimum atomic E-state index is -1.90. The van der Waals surface area contributed by atoms with Crippen LogP contribution in [0.25, 0.3) is 22.0 Å². The van der Waals surface area contributed by atoms with E-state index >= 15 is 4.79 Å². The maximum Gasteiger partial charge on any atom is 0.306 e. The molecule has 1 aliphatic carbocycles. The van der Waals surface area contributed by atoms with Crippen LogP contribution in [0.5, 0.6) is 0 Å². The lowest BCUT2D eigenvalue weighted by molar-refractivity contribution is -0.146. The predicted octanol–water partition coefficient (Wildman–Crippen LogP) is 2.66. The van der Waals surface area contributed by atoms with Gasteiger partial charge in [-0.15, -0.1) is 0 Å². The molecule has 33 heteroatoms. The average molecular weight is 1580 g/mol. The van der Waals surface area contributed by atoms with Gasteiger partial charge in [0.2, 0.25) is 59.1 Å². The Morgan fingerprint density at radius 1 is 0.711 bits per heavy atom. The van der Waals surface area contributed by atoms with Crippen molar-refractivity contribution in [2.75, 3.05) is 26.3 Å². The predicted molar refractivity (Wildman–Crippen MR) is 423 cm³/mol. The first-order valence-corrected chi connectivity index (χ1v) is 38.4. The van der Waals surface area contributed by atoms with Gasteiger partial charge in [0, 0.05) is 61.8 Å². The van der Waals surface area contributed by atoms with Crippen molar-refractivity contribution in [3.05, 3.63) is 131 Å². The van der Waals surface area contributed by atoms with E-state index in [2.05, 4.69) is 52.8 Å². The summed E-state index contributed by atoms with van der Waals surface area (Å²) in [7, 11) is 0. The van der Waals surface area contributed by atoms with Crippen LogP contribution >= 0.6 is 0 Å². The van der Waals surface area contributed by atoms with Crippen molar-refractivity contribution in [2.45, 2.75) is 210 Å². The lowest BCUT2D eigenvalue weighted by Crippen LogP contribution is -2.59. The van der Waals surface area contributed by atoms with Crippen molar-refractivity contribution < 1.29 is 82.1 Å². The Labute approximate surface area is 661 Å². The smallest absolute Gasteiger partial charge is 0.306 e. The summed E-state index contributed by atoms with van der Waals surface area (Å²) in [4.78, 5) is 203. The van der Waals surface area contributed by atoms with Crippen LogP contribution < -0.4 is 65.1 Å². The van der Waals surface area contributed by atoms with Gasteiger partial charge >= 0.3 is 11.9 Å². The van der Waals surface area contributed by atoms with Gasteiger partial charge in [-0.3, -0.25) is 77.9 Å². The van der Waals surface area contributed by atoms with Gasteiger partial charge in [0.1, 0.15) is 48.9 Å². The first kappa shape index (κ1) is 89.3. The molecule has 1 aromatic heterocycles. The van der Waals surface area contributed by atoms with Gasteiger partial charge in [-0.1, -0.05) is 109 Å². The van der Waals surface area contributed by atoms with Gasteiger partial charge in [-0.05, 0) is 145 Å². The van der Waals surface area contributed by atoms with E-state index in [9.17, 15) is 72.5 Å². The van der Waals surface area contributed by atoms with E-state index in [1.54, 1.807) is 52.0 Å². The minimum Gasteiger partial charge on any atom is -0.481 e. The fraction of sp³-hybridized carbons (Fsp3) is 0.481. The Hall–Kier alpha value is -11.9. The van der Waals surface area contributed by atoms with E-state index in [1.807, 2.05) is 66.7 Å². The van der Waals surface area contributed by atoms with Crippen molar-refractivity contribution in [1.82, 2.24) is 57.7 Å². The van der Waals surface area contributed by atoms with Gasteiger partial charge in [0.15, 0.2) is 17.5 Å². The number of para-hydroxylation sites is 1. The molecule has 11 atom stereocenters. The summed E-state index contributed by atoms with van der Waals surface area (Å²) >= 11 is 0. The molecule has 33 nitrogen and oxygen atoms in total. The summed E-state index contributed by atoms with van der Waals surface area (Å²) in [5, 5.41) is 60.4. The van der Waals surface area contributed by atoms with E-state index in [-0.39, 0.29) is 102 Å². The first-order valence-electron chi connectivity index (χ1n) is 38.4. The molecule has 1 fully saturated rings. The molecule has 3 heterocycles. The van der Waals surface area contributed by atoms with Gasteiger partial charge in [0.25, 0.3) is 0 Å². The second-order valence-corrected chi connectivity index (χ2v) is 29.6. The highest BCUT2D eigenvalue weighted by Crippen LogP contribution is 2.44. The Balaban J connectivity index is 1.22. The largest absolute Gasteiger partial charge is 0.481 e. The molecule has 1 unspecified atom stereocenters. The fourth-order valence-electron chi connectivity index (χ4n) is 13.8. The molecule has 0 saturated carbocycles. The number of hydrogen-bond acceptors (Lipinski definition) is 18. The number of amides is 10. The Morgan fingerprint density at radius 3 is 2.00 bits per heavy atom. The zero-order chi connectivity index (χ0) is 83.3. The number of benzene rings is 3. The van der Waals surface area contributed by atoms with E-state index in [0.717, 1.165) is 38.1 Å². The number of hydrogen-bond donors (Lipinski definition) is 17. The summed E-state index contributed by atoms with van der Waals surface area (Å²) in [5.41, 5.74) is 23.6. The first-order chi connectivity index (χ1) is 54.3. The molecule has 7 rings (SSSR count). The summed E-state index contributed by atoms with van der Waals surface area (Å²) in [5.74, 6) is -16.4. The molecule has 114 heavy (non-hydrogen) atoms. The summed E-state index contributed by atoms with van der Waals surface area (Å²) < 4.78 is 5.76. The second kappa shape index (κ2) is 43.8. The number of aromatic nitrogens is 1. The number of nitrogens with zero attached hydrogens (tertiary/aromatic N) is 1. The van der Waals surface area contributed by atoms with Gasteiger partial charge in [0.05, 0.1) is 43.3 Å². The molecule has 1 saturated heterocycles. The van der Waals surface area contributed by atoms with Crippen molar-refractivity contribution in [3.8, 4) is 11.1 Å². The van der Waals surface area contributed by atoms with Crippen LogP contribution in [0.15, 0.2) is 114 Å². The number of rotatable bonds is 34. The summed E-state index contributed by atoms with van der Waals surface area (Å²) in [6.45, 7) is 7.09. The number of carbonyl (C=O) groups excluding carboxylic acids is 13. The quantitative estimate of drug-likeness (QED) is 0.0105. The van der Waals surface area contributed by atoms with Crippen molar-refractivity contribution in [1.29, 1.82) is 10.8 Å². The molecule has 614 valence electrons. The molecular formula is C81H108N16O17. The highest BCUT2D eigenvalue weighted by Gasteiger charge is 2.42. The van der Waals surface area contributed by atoms with Crippen LogP contribution in [-0.4, -0.2) is 195 Å². The normalized spacial score (nSPS) is 20.1. The van der Waals surface area contributed by atoms with Crippen molar-refractivity contribution in [2.24, 2.45) is 29.0 Å². The number of allylic oxidation sites excluding steroid dienone is 3. The highest BCUT2D eigenvalue weighted by molar-refractivity contribution is 6.00. The number of carboxylic acid groups (broad SMARTS) is 1. The number of primary amides is 1. The zero-order valence-corrected chi connectivity index (χ0v) is 65.0. The number of carboxylic acids is 1. The molecule has 20 N–H and O–H groups in total. The van der Waals surface area contributed by atoms with Gasteiger partial charge in [-0.2, -0.15) is 0 Å². The SMILES string of the molecule is CC(C)=CC[C@@H]1CC(=O)[C@@H](NC(=O)CCC(=O)OCC2c3ccccc3-c3ccccc32)CC=CC[C@@H](C(=O)N[C@@H](C)C(=O)C[C@@H](Cc2cc3ccccc3[nH]2)C(=O)N[C@@H](CCCCC(=N)N)C(=O)N[C@@H](CC=C(C)C)C(N)=O)NC(=O)[C@H](CCCNC(=N)N)NC(=O)C2CCCN2C(=O)[C@H](CC(=O)O)NC(=O)[C@H](CO)NC1=O. The molecule has 4 aromatic rings. The number of ketones is 2. The van der Waals surface area contributed by atoms with Crippen molar-refractivity contribution in [3.63, 3.8) is 0 Å². The van der Waals surface area contributed by atoms with Crippen LogP contribution in [0.4, 0.5) is 0 Å². The summed E-state index contributed by atoms with van der Waals surface area (Å²) in [6.07, 6.45) is 2.74. The molecule has 0 radical (unpaired) electrons. The van der Waals surface area contributed by atoms with E-state index in [1.165, 1.54) is 19.1 Å². The number of aliphatic hydroxyl groups is 1. The minimum absolute atomic E-state index is 0.00801. The fourth-order valence-corrected chi connectivity index (χ4v) is 13.8. The Bertz CT molecular complexity index is 4220. The van der Waals surface area contributed by atoms with Crippen LogP contribution in [0.1, 0.15) is 167 Å². The van der Waals surface area contributed by atoms with Crippen LogP contribution in [-0.2, 0) is 78.3 Å². The molecule has 0 bridgehead atoms. The molecule has 3 aliphatic rings.